The molecule has 3 aromatic rings. The standard InChI is InChI=1S/C13H12N4O2/c1-16-12(18)9-10(8-6-4-3-5-7-8)15-17(2)11(9)14-13(16)19/h3-7H,1-2H3,(H,14,19). The average Bonchev–Trinajstić information content (AvgIpc) is 2.75. The van der Waals surface area contributed by atoms with Crippen LogP contribution in [0.5, 0.6) is 0 Å². The molecule has 0 aliphatic heterocycles. The minimum atomic E-state index is -0.444. The highest BCUT2D eigenvalue weighted by Crippen LogP contribution is 2.22. The van der Waals surface area contributed by atoms with E-state index in [0.29, 0.717) is 16.7 Å². The Kier molecular flexibility index (Phi) is 2.38. The number of hydrogen-bond donors (Lipinski definition) is 1. The number of rotatable bonds is 1. The van der Waals surface area contributed by atoms with E-state index in [1.807, 2.05) is 30.3 Å². The van der Waals surface area contributed by atoms with Crippen molar-refractivity contribution in [2.75, 3.05) is 0 Å². The van der Waals surface area contributed by atoms with Crippen LogP contribution in [0.2, 0.25) is 0 Å². The second kappa shape index (κ2) is 3.94. The van der Waals surface area contributed by atoms with Crippen LogP contribution >= 0.6 is 0 Å². The molecule has 0 fully saturated rings. The lowest BCUT2D eigenvalue weighted by molar-refractivity contribution is 0.759. The first-order valence-electron chi connectivity index (χ1n) is 5.81. The Labute approximate surface area is 107 Å². The van der Waals surface area contributed by atoms with Crippen LogP contribution in [0.1, 0.15) is 0 Å². The molecule has 96 valence electrons. The maximum Gasteiger partial charge on any atom is 0.329 e. The van der Waals surface area contributed by atoms with Crippen molar-refractivity contribution in [2.45, 2.75) is 0 Å². The molecule has 0 aliphatic carbocycles. The van der Waals surface area contributed by atoms with Crippen LogP contribution in [0.4, 0.5) is 0 Å². The molecule has 2 aromatic heterocycles. The molecule has 1 aromatic carbocycles. The largest absolute Gasteiger partial charge is 0.329 e. The Morgan fingerprint density at radius 1 is 1.11 bits per heavy atom. The van der Waals surface area contributed by atoms with Gasteiger partial charge in [0.25, 0.3) is 5.56 Å². The minimum Gasteiger partial charge on any atom is -0.291 e. The molecule has 3 rings (SSSR count). The third kappa shape index (κ3) is 1.61. The molecular formula is C13H12N4O2. The predicted molar refractivity (Wildman–Crippen MR) is 72.0 cm³/mol. The molecule has 6 nitrogen and oxygen atoms in total. The number of nitrogens with one attached hydrogen (secondary N) is 1. The molecule has 0 amide bonds. The summed E-state index contributed by atoms with van der Waals surface area (Å²) in [5.74, 6) is 0. The van der Waals surface area contributed by atoms with Gasteiger partial charge in [-0.25, -0.2) is 4.79 Å². The van der Waals surface area contributed by atoms with Gasteiger partial charge in [-0.15, -0.1) is 0 Å². The second-order valence-corrected chi connectivity index (χ2v) is 4.36. The SMILES string of the molecule is Cn1c(=O)[nH]c2c(c(-c3ccccc3)nn2C)c1=O. The third-order valence-electron chi connectivity index (χ3n) is 3.14. The lowest BCUT2D eigenvalue weighted by Crippen LogP contribution is -2.32. The smallest absolute Gasteiger partial charge is 0.291 e. The summed E-state index contributed by atoms with van der Waals surface area (Å²) in [5.41, 5.74) is 1.07. The molecule has 0 aliphatic rings. The first kappa shape index (κ1) is 11.5. The molecule has 19 heavy (non-hydrogen) atoms. The second-order valence-electron chi connectivity index (χ2n) is 4.36. The van der Waals surface area contributed by atoms with E-state index < -0.39 is 5.69 Å². The fraction of sp³-hybridized carbons (Fsp3) is 0.154. The fourth-order valence-corrected chi connectivity index (χ4v) is 2.11. The molecule has 0 spiro atoms. The van der Waals surface area contributed by atoms with E-state index in [-0.39, 0.29) is 5.56 Å². The van der Waals surface area contributed by atoms with Crippen molar-refractivity contribution < 1.29 is 0 Å². The van der Waals surface area contributed by atoms with E-state index >= 15 is 0 Å². The van der Waals surface area contributed by atoms with E-state index in [2.05, 4.69) is 10.1 Å². The summed E-state index contributed by atoms with van der Waals surface area (Å²) in [6.45, 7) is 0. The third-order valence-corrected chi connectivity index (χ3v) is 3.14. The summed E-state index contributed by atoms with van der Waals surface area (Å²) in [4.78, 5) is 26.5. The molecule has 0 radical (unpaired) electrons. The van der Waals surface area contributed by atoms with Crippen LogP contribution in [0.3, 0.4) is 0 Å². The highest BCUT2D eigenvalue weighted by Gasteiger charge is 2.16. The first-order chi connectivity index (χ1) is 9.09. The summed E-state index contributed by atoms with van der Waals surface area (Å²) in [7, 11) is 3.15. The zero-order valence-corrected chi connectivity index (χ0v) is 10.5. The maximum absolute atomic E-state index is 12.2. The van der Waals surface area contributed by atoms with E-state index in [1.165, 1.54) is 11.7 Å². The van der Waals surface area contributed by atoms with Crippen molar-refractivity contribution in [2.24, 2.45) is 14.1 Å². The zero-order chi connectivity index (χ0) is 13.6. The van der Waals surface area contributed by atoms with Gasteiger partial charge < -0.3 is 0 Å². The van der Waals surface area contributed by atoms with Crippen LogP contribution in [0.15, 0.2) is 39.9 Å². The van der Waals surface area contributed by atoms with Crippen LogP contribution in [-0.2, 0) is 14.1 Å². The van der Waals surface area contributed by atoms with Crippen molar-refractivity contribution in [3.05, 3.63) is 51.2 Å². The van der Waals surface area contributed by atoms with Gasteiger partial charge in [-0.1, -0.05) is 30.3 Å². The molecule has 1 N–H and O–H groups in total. The van der Waals surface area contributed by atoms with Gasteiger partial charge in [0.2, 0.25) is 0 Å². The van der Waals surface area contributed by atoms with E-state index in [0.717, 1.165) is 10.1 Å². The molecule has 0 unspecified atom stereocenters. The average molecular weight is 256 g/mol. The van der Waals surface area contributed by atoms with E-state index in [4.69, 9.17) is 0 Å². The minimum absolute atomic E-state index is 0.342. The normalized spacial score (nSPS) is 11.1. The molecule has 0 saturated carbocycles. The Bertz CT molecular complexity index is 871. The van der Waals surface area contributed by atoms with E-state index in [1.54, 1.807) is 7.05 Å². The van der Waals surface area contributed by atoms with Gasteiger partial charge in [-0.3, -0.25) is 19.0 Å². The molecule has 0 bridgehead atoms. The number of hydrogen-bond acceptors (Lipinski definition) is 3. The summed E-state index contributed by atoms with van der Waals surface area (Å²) in [5, 5.41) is 4.76. The van der Waals surface area contributed by atoms with Crippen molar-refractivity contribution in [1.29, 1.82) is 0 Å². The molecule has 0 atom stereocenters. The van der Waals surface area contributed by atoms with Gasteiger partial charge in [0.05, 0.1) is 0 Å². The monoisotopic (exact) mass is 256 g/mol. The number of nitrogens with zero attached hydrogens (tertiary/aromatic N) is 3. The van der Waals surface area contributed by atoms with Crippen LogP contribution in [-0.4, -0.2) is 19.3 Å². The number of H-pyrrole nitrogens is 1. The Balaban J connectivity index is 2.50. The molecule has 6 heteroatoms. The van der Waals surface area contributed by atoms with Gasteiger partial charge in [0.1, 0.15) is 16.7 Å². The highest BCUT2D eigenvalue weighted by atomic mass is 16.2. The van der Waals surface area contributed by atoms with Gasteiger partial charge in [-0.2, -0.15) is 5.10 Å². The van der Waals surface area contributed by atoms with Crippen molar-refractivity contribution >= 4 is 11.0 Å². The summed E-state index contributed by atoms with van der Waals surface area (Å²) in [6.07, 6.45) is 0. The van der Waals surface area contributed by atoms with Crippen molar-refractivity contribution in [1.82, 2.24) is 19.3 Å². The van der Waals surface area contributed by atoms with E-state index in [9.17, 15) is 9.59 Å². The highest BCUT2D eigenvalue weighted by molar-refractivity contribution is 5.90. The summed E-state index contributed by atoms with van der Waals surface area (Å²) >= 11 is 0. The summed E-state index contributed by atoms with van der Waals surface area (Å²) in [6, 6.07) is 9.42. The van der Waals surface area contributed by atoms with Crippen molar-refractivity contribution in [3.63, 3.8) is 0 Å². The van der Waals surface area contributed by atoms with Crippen LogP contribution in [0, 0.1) is 0 Å². The first-order valence-corrected chi connectivity index (χ1v) is 5.81. The maximum atomic E-state index is 12.2. The molecule has 0 saturated heterocycles. The van der Waals surface area contributed by atoms with Gasteiger partial charge in [0, 0.05) is 19.7 Å². The van der Waals surface area contributed by atoms with Crippen molar-refractivity contribution in [3.8, 4) is 11.3 Å². The Morgan fingerprint density at radius 2 is 1.79 bits per heavy atom. The number of aryl methyl sites for hydroxylation is 1. The van der Waals surface area contributed by atoms with Gasteiger partial charge in [0.15, 0.2) is 0 Å². The van der Waals surface area contributed by atoms with Crippen LogP contribution < -0.4 is 11.2 Å². The Morgan fingerprint density at radius 3 is 2.47 bits per heavy atom. The number of aromatic nitrogens is 4. The number of benzene rings is 1. The molecular weight excluding hydrogens is 244 g/mol. The lowest BCUT2D eigenvalue weighted by atomic mass is 10.1. The van der Waals surface area contributed by atoms with Crippen LogP contribution in [0.25, 0.3) is 22.3 Å². The lowest BCUT2D eigenvalue weighted by Gasteiger charge is -1.98. The Hall–Kier alpha value is -2.63. The predicted octanol–water partition coefficient (Wildman–Crippen LogP) is 0.627. The van der Waals surface area contributed by atoms with Gasteiger partial charge >= 0.3 is 5.69 Å². The topological polar surface area (TPSA) is 72.7 Å². The quantitative estimate of drug-likeness (QED) is 0.694. The summed E-state index contributed by atoms with van der Waals surface area (Å²) < 4.78 is 2.57. The fourth-order valence-electron chi connectivity index (χ4n) is 2.11. The zero-order valence-electron chi connectivity index (χ0n) is 10.5. The van der Waals surface area contributed by atoms with Gasteiger partial charge in [-0.05, 0) is 0 Å². The molecule has 2 heterocycles. The number of aromatic amines is 1. The number of fused-ring (bicyclic) bond motifs is 1.